The summed E-state index contributed by atoms with van der Waals surface area (Å²) in [5.41, 5.74) is 4.62. The maximum atomic E-state index is 12.7. The third kappa shape index (κ3) is 8.47. The first-order chi connectivity index (χ1) is 18.9. The van der Waals surface area contributed by atoms with Gasteiger partial charge in [-0.1, -0.05) is 24.8 Å². The molecule has 2 N–H and O–H groups in total. The van der Waals surface area contributed by atoms with E-state index < -0.39 is 11.9 Å². The Balaban J connectivity index is 1.70. The SMILES string of the molecule is C=CCOc1ccc(C(=O)N/N=C/c2cc(I)c(OCc3ccc(C(=O)O)cc3)c(OCC)c2)cc1OCC. The van der Waals surface area contributed by atoms with E-state index >= 15 is 0 Å². The number of amides is 1. The van der Waals surface area contributed by atoms with Crippen molar-refractivity contribution in [2.75, 3.05) is 19.8 Å². The number of halogens is 1. The maximum Gasteiger partial charge on any atom is 0.335 e. The van der Waals surface area contributed by atoms with Crippen LogP contribution in [0.4, 0.5) is 0 Å². The van der Waals surface area contributed by atoms with Crippen LogP contribution in [0.2, 0.25) is 0 Å². The molecular formula is C29H29IN2O7. The number of carboxylic acids is 1. The second-order valence-electron chi connectivity index (χ2n) is 7.95. The summed E-state index contributed by atoms with van der Waals surface area (Å²) in [5.74, 6) is 0.677. The van der Waals surface area contributed by atoms with E-state index in [2.05, 4.69) is 39.7 Å². The fraction of sp³-hybridized carbons (Fsp3) is 0.207. The lowest BCUT2D eigenvalue weighted by atomic mass is 10.1. The van der Waals surface area contributed by atoms with Gasteiger partial charge in [0.2, 0.25) is 0 Å². The van der Waals surface area contributed by atoms with Gasteiger partial charge in [-0.15, -0.1) is 0 Å². The largest absolute Gasteiger partial charge is 0.490 e. The van der Waals surface area contributed by atoms with E-state index in [1.54, 1.807) is 42.5 Å². The van der Waals surface area contributed by atoms with Crippen molar-refractivity contribution in [1.29, 1.82) is 0 Å². The lowest BCUT2D eigenvalue weighted by molar-refractivity contribution is 0.0696. The predicted molar refractivity (Wildman–Crippen MR) is 156 cm³/mol. The lowest BCUT2D eigenvalue weighted by Crippen LogP contribution is -2.17. The van der Waals surface area contributed by atoms with Crippen LogP contribution in [0.1, 0.15) is 45.7 Å². The number of hydrogen-bond donors (Lipinski definition) is 2. The number of carboxylic acid groups (broad SMARTS) is 1. The van der Waals surface area contributed by atoms with Crippen molar-refractivity contribution in [3.05, 3.63) is 93.1 Å². The molecule has 0 saturated carbocycles. The van der Waals surface area contributed by atoms with E-state index in [-0.39, 0.29) is 12.2 Å². The summed E-state index contributed by atoms with van der Waals surface area (Å²) in [7, 11) is 0. The number of ether oxygens (including phenoxy) is 4. The topological polar surface area (TPSA) is 116 Å². The summed E-state index contributed by atoms with van der Waals surface area (Å²) in [6, 6.07) is 15.0. The third-order valence-corrected chi connectivity index (χ3v) is 5.96. The molecule has 0 atom stereocenters. The predicted octanol–water partition coefficient (Wildman–Crippen LogP) is 5.69. The van der Waals surface area contributed by atoms with Crippen molar-refractivity contribution in [2.24, 2.45) is 5.10 Å². The van der Waals surface area contributed by atoms with Gasteiger partial charge in [0, 0.05) is 5.56 Å². The van der Waals surface area contributed by atoms with Crippen LogP contribution in [-0.4, -0.2) is 43.0 Å². The summed E-state index contributed by atoms with van der Waals surface area (Å²) < 4.78 is 23.7. The Morgan fingerprint density at radius 2 is 1.62 bits per heavy atom. The van der Waals surface area contributed by atoms with Gasteiger partial charge in [-0.3, -0.25) is 4.79 Å². The zero-order valence-corrected chi connectivity index (χ0v) is 23.8. The van der Waals surface area contributed by atoms with Crippen LogP contribution in [0.3, 0.4) is 0 Å². The molecule has 39 heavy (non-hydrogen) atoms. The zero-order valence-electron chi connectivity index (χ0n) is 21.6. The highest BCUT2D eigenvalue weighted by atomic mass is 127. The Labute approximate surface area is 240 Å². The molecule has 0 bridgehead atoms. The van der Waals surface area contributed by atoms with Crippen molar-refractivity contribution in [3.8, 4) is 23.0 Å². The summed E-state index contributed by atoms with van der Waals surface area (Å²) in [6.07, 6.45) is 3.14. The highest BCUT2D eigenvalue weighted by Crippen LogP contribution is 2.34. The van der Waals surface area contributed by atoms with Gasteiger partial charge in [-0.25, -0.2) is 10.2 Å². The van der Waals surface area contributed by atoms with Crippen LogP contribution in [0.25, 0.3) is 0 Å². The molecular weight excluding hydrogens is 615 g/mol. The van der Waals surface area contributed by atoms with E-state index in [0.29, 0.717) is 53.9 Å². The quantitative estimate of drug-likeness (QED) is 0.100. The molecule has 0 spiro atoms. The minimum absolute atomic E-state index is 0.211. The van der Waals surface area contributed by atoms with Gasteiger partial charge in [0.05, 0.1) is 28.6 Å². The molecule has 0 heterocycles. The Bertz CT molecular complexity index is 1340. The molecule has 0 aliphatic rings. The van der Waals surface area contributed by atoms with Crippen LogP contribution in [0.5, 0.6) is 23.0 Å². The number of hydrogen-bond acceptors (Lipinski definition) is 7. The Morgan fingerprint density at radius 3 is 2.28 bits per heavy atom. The summed E-state index contributed by atoms with van der Waals surface area (Å²) in [6.45, 7) is 8.75. The number of carbonyl (C=O) groups is 2. The van der Waals surface area contributed by atoms with E-state index in [1.165, 1.54) is 18.3 Å². The molecule has 0 unspecified atom stereocenters. The average molecular weight is 644 g/mol. The van der Waals surface area contributed by atoms with Gasteiger partial charge < -0.3 is 24.1 Å². The van der Waals surface area contributed by atoms with Crippen LogP contribution < -0.4 is 24.4 Å². The number of carbonyl (C=O) groups excluding carboxylic acids is 1. The van der Waals surface area contributed by atoms with Crippen molar-refractivity contribution >= 4 is 40.7 Å². The summed E-state index contributed by atoms with van der Waals surface area (Å²) >= 11 is 2.14. The minimum Gasteiger partial charge on any atom is -0.490 e. The number of benzene rings is 3. The van der Waals surface area contributed by atoms with Gasteiger partial charge in [0.1, 0.15) is 13.2 Å². The average Bonchev–Trinajstić information content (AvgIpc) is 2.92. The molecule has 1 amide bonds. The molecule has 3 aromatic rings. The van der Waals surface area contributed by atoms with Crippen molar-refractivity contribution in [2.45, 2.75) is 20.5 Å². The minimum atomic E-state index is -0.980. The number of nitrogens with zero attached hydrogens (tertiary/aromatic N) is 1. The molecule has 0 fully saturated rings. The van der Waals surface area contributed by atoms with Crippen molar-refractivity contribution in [3.63, 3.8) is 0 Å². The van der Waals surface area contributed by atoms with E-state index in [1.807, 2.05) is 19.9 Å². The van der Waals surface area contributed by atoms with Gasteiger partial charge in [0.15, 0.2) is 23.0 Å². The van der Waals surface area contributed by atoms with Crippen LogP contribution in [-0.2, 0) is 6.61 Å². The van der Waals surface area contributed by atoms with E-state index in [0.717, 1.165) is 9.13 Å². The van der Waals surface area contributed by atoms with Gasteiger partial charge >= 0.3 is 5.97 Å². The fourth-order valence-electron chi connectivity index (χ4n) is 3.38. The Kier molecular flexibility index (Phi) is 11.2. The van der Waals surface area contributed by atoms with Crippen LogP contribution >= 0.6 is 22.6 Å². The molecule has 0 radical (unpaired) electrons. The third-order valence-electron chi connectivity index (χ3n) is 5.16. The number of aromatic carboxylic acids is 1. The molecule has 9 nitrogen and oxygen atoms in total. The zero-order chi connectivity index (χ0) is 28.2. The molecule has 204 valence electrons. The first kappa shape index (κ1) is 29.5. The van der Waals surface area contributed by atoms with Crippen LogP contribution in [0, 0.1) is 3.57 Å². The fourth-order valence-corrected chi connectivity index (χ4v) is 4.16. The highest BCUT2D eigenvalue weighted by Gasteiger charge is 2.14. The van der Waals surface area contributed by atoms with Gasteiger partial charge in [-0.05, 0) is 90.0 Å². The highest BCUT2D eigenvalue weighted by molar-refractivity contribution is 14.1. The molecule has 0 aromatic heterocycles. The van der Waals surface area contributed by atoms with Crippen LogP contribution in [0.15, 0.2) is 72.4 Å². The van der Waals surface area contributed by atoms with Gasteiger partial charge in [0.25, 0.3) is 5.91 Å². The Morgan fingerprint density at radius 1 is 0.923 bits per heavy atom. The second-order valence-corrected chi connectivity index (χ2v) is 9.11. The first-order valence-electron chi connectivity index (χ1n) is 12.1. The van der Waals surface area contributed by atoms with E-state index in [4.69, 9.17) is 24.1 Å². The smallest absolute Gasteiger partial charge is 0.335 e. The molecule has 3 rings (SSSR count). The maximum absolute atomic E-state index is 12.7. The number of rotatable bonds is 14. The molecule has 0 aliphatic carbocycles. The molecule has 0 saturated heterocycles. The molecule has 0 aliphatic heterocycles. The standard InChI is InChI=1S/C29H29IN2O7/c1-4-13-38-24-12-11-22(16-25(24)36-5-2)28(33)32-31-17-20-14-23(30)27(26(15-20)37-6-3)39-18-19-7-9-21(10-8-19)29(34)35/h4,7-12,14-17H,1,5-6,13,18H2,2-3H3,(H,32,33)(H,34,35)/b31-17+. The second kappa shape index (κ2) is 14.8. The van der Waals surface area contributed by atoms with Crippen molar-refractivity contribution < 1.29 is 33.6 Å². The first-order valence-corrected chi connectivity index (χ1v) is 13.2. The molecule has 3 aromatic carbocycles. The monoisotopic (exact) mass is 644 g/mol. The van der Waals surface area contributed by atoms with E-state index in [9.17, 15) is 9.59 Å². The summed E-state index contributed by atoms with van der Waals surface area (Å²) in [4.78, 5) is 23.7. The summed E-state index contributed by atoms with van der Waals surface area (Å²) in [5, 5.41) is 13.2. The lowest BCUT2D eigenvalue weighted by Gasteiger charge is -2.15. The normalized spacial score (nSPS) is 10.6. The Hall–Kier alpha value is -4.06. The molecule has 10 heteroatoms. The van der Waals surface area contributed by atoms with Gasteiger partial charge in [-0.2, -0.15) is 5.10 Å². The number of nitrogens with one attached hydrogen (secondary N) is 1. The number of hydrazone groups is 1. The van der Waals surface area contributed by atoms with Crippen molar-refractivity contribution in [1.82, 2.24) is 5.43 Å².